The van der Waals surface area contributed by atoms with Gasteiger partial charge in [0.25, 0.3) is 0 Å². The zero-order valence-corrected chi connectivity index (χ0v) is 37.1. The van der Waals surface area contributed by atoms with Crippen molar-refractivity contribution in [1.82, 2.24) is 0 Å². The van der Waals surface area contributed by atoms with Crippen molar-refractivity contribution < 1.29 is 42.7 Å². The van der Waals surface area contributed by atoms with Crippen LogP contribution in [0.25, 0.3) is 0 Å². The van der Waals surface area contributed by atoms with Crippen molar-refractivity contribution in [1.29, 1.82) is 0 Å². The lowest BCUT2D eigenvalue weighted by Crippen LogP contribution is -2.22. The molecule has 318 valence electrons. The highest BCUT2D eigenvalue weighted by Gasteiger charge is 2.21. The highest BCUT2D eigenvalue weighted by molar-refractivity contribution is 5.84. The van der Waals surface area contributed by atoms with Gasteiger partial charge in [0.1, 0.15) is 11.6 Å². The van der Waals surface area contributed by atoms with Crippen molar-refractivity contribution in [3.8, 4) is 0 Å². The molecule has 0 saturated heterocycles. The third-order valence-electron chi connectivity index (χ3n) is 8.38. The minimum absolute atomic E-state index is 0.205. The second-order valence-corrected chi connectivity index (χ2v) is 18.6. The van der Waals surface area contributed by atoms with Gasteiger partial charge in [-0.25, -0.2) is 0 Å². The van der Waals surface area contributed by atoms with Gasteiger partial charge in [-0.1, -0.05) is 109 Å². The average Bonchev–Trinajstić information content (AvgIpc) is 3.04. The standard InChI is InChI=1S/C24H48O4.C20H40O5/c1-23(2,3)15-11-7-8-12-16-26-18-20-28-21-19-27-17-13-9-10-14-22(25)24(4,5)6;1-19(2,3)9-7-10-22-12-14-24-16-17-25-15-13-23-11-8-18(21)20(4,5)6/h7-21H2,1-6H3;7-17H2,1-6H3. The average molecular weight is 761 g/mol. The van der Waals surface area contributed by atoms with E-state index in [9.17, 15) is 9.59 Å². The zero-order chi connectivity index (χ0) is 40.5. The van der Waals surface area contributed by atoms with Crippen molar-refractivity contribution in [2.45, 2.75) is 160 Å². The van der Waals surface area contributed by atoms with Gasteiger partial charge in [-0.05, 0) is 49.4 Å². The van der Waals surface area contributed by atoms with Crippen LogP contribution in [0, 0.1) is 21.7 Å². The highest BCUT2D eigenvalue weighted by Crippen LogP contribution is 2.23. The van der Waals surface area contributed by atoms with Crippen LogP contribution in [0.1, 0.15) is 160 Å². The van der Waals surface area contributed by atoms with Crippen molar-refractivity contribution in [3.05, 3.63) is 0 Å². The van der Waals surface area contributed by atoms with Crippen molar-refractivity contribution >= 4 is 11.6 Å². The van der Waals surface area contributed by atoms with Gasteiger partial charge in [0, 0.05) is 43.5 Å². The summed E-state index contributed by atoms with van der Waals surface area (Å²) in [6, 6.07) is 0. The molecule has 0 saturated carbocycles. The van der Waals surface area contributed by atoms with E-state index in [0.29, 0.717) is 102 Å². The van der Waals surface area contributed by atoms with E-state index in [1.165, 1.54) is 32.1 Å². The fraction of sp³-hybridized carbons (Fsp3) is 0.955. The summed E-state index contributed by atoms with van der Waals surface area (Å²) in [6.45, 7) is 34.2. The molecular weight excluding hydrogens is 672 g/mol. The minimum Gasteiger partial charge on any atom is -0.379 e. The van der Waals surface area contributed by atoms with Gasteiger partial charge < -0.3 is 33.2 Å². The summed E-state index contributed by atoms with van der Waals surface area (Å²) in [6.07, 6.45) is 12.8. The van der Waals surface area contributed by atoms with Gasteiger partial charge in [-0.2, -0.15) is 0 Å². The molecule has 0 N–H and O–H groups in total. The summed E-state index contributed by atoms with van der Waals surface area (Å²) in [4.78, 5) is 23.5. The molecule has 0 radical (unpaired) electrons. The van der Waals surface area contributed by atoms with Crippen LogP contribution in [0.15, 0.2) is 0 Å². The second kappa shape index (κ2) is 33.2. The predicted octanol–water partition coefficient (Wildman–Crippen LogP) is 10.1. The van der Waals surface area contributed by atoms with Gasteiger partial charge in [-0.15, -0.1) is 0 Å². The molecule has 0 amide bonds. The molecule has 0 bridgehead atoms. The molecule has 0 aromatic rings. The molecule has 0 fully saturated rings. The van der Waals surface area contributed by atoms with E-state index in [1.807, 2.05) is 41.5 Å². The normalized spacial score (nSPS) is 12.5. The summed E-state index contributed by atoms with van der Waals surface area (Å²) in [7, 11) is 0. The van der Waals surface area contributed by atoms with Gasteiger partial charge in [0.15, 0.2) is 0 Å². The van der Waals surface area contributed by atoms with Crippen molar-refractivity contribution in [2.24, 2.45) is 21.7 Å². The van der Waals surface area contributed by atoms with Gasteiger partial charge in [-0.3, -0.25) is 9.59 Å². The maximum Gasteiger partial charge on any atom is 0.140 e. The van der Waals surface area contributed by atoms with Crippen LogP contribution < -0.4 is 0 Å². The number of rotatable bonds is 33. The quantitative estimate of drug-likeness (QED) is 0.0606. The first kappa shape index (κ1) is 54.2. The molecule has 9 nitrogen and oxygen atoms in total. The monoisotopic (exact) mass is 761 g/mol. The van der Waals surface area contributed by atoms with Gasteiger partial charge in [0.05, 0.1) is 72.7 Å². The lowest BCUT2D eigenvalue weighted by molar-refractivity contribution is -0.127. The fourth-order valence-corrected chi connectivity index (χ4v) is 4.80. The largest absolute Gasteiger partial charge is 0.379 e. The lowest BCUT2D eigenvalue weighted by atomic mass is 9.88. The number of unbranched alkanes of at least 4 members (excludes halogenated alkanes) is 5. The van der Waals surface area contributed by atoms with Crippen LogP contribution in [-0.2, 0) is 42.7 Å². The van der Waals surface area contributed by atoms with E-state index in [0.717, 1.165) is 51.9 Å². The fourth-order valence-electron chi connectivity index (χ4n) is 4.80. The summed E-state index contributed by atoms with van der Waals surface area (Å²) in [5.41, 5.74) is 0.351. The number of hydrogen-bond acceptors (Lipinski definition) is 9. The van der Waals surface area contributed by atoms with E-state index in [-0.39, 0.29) is 16.6 Å². The molecule has 0 aromatic heterocycles. The molecule has 0 aliphatic carbocycles. The summed E-state index contributed by atoms with van der Waals surface area (Å²) >= 11 is 0. The number of hydrogen-bond donors (Lipinski definition) is 0. The maximum atomic E-state index is 11.8. The summed E-state index contributed by atoms with van der Waals surface area (Å²) in [5, 5.41) is 0. The minimum atomic E-state index is -0.284. The maximum absolute atomic E-state index is 11.8. The molecule has 0 unspecified atom stereocenters. The Morgan fingerprint density at radius 1 is 0.302 bits per heavy atom. The van der Waals surface area contributed by atoms with E-state index < -0.39 is 0 Å². The van der Waals surface area contributed by atoms with Crippen LogP contribution in [0.4, 0.5) is 0 Å². The van der Waals surface area contributed by atoms with E-state index in [2.05, 4.69) is 41.5 Å². The van der Waals surface area contributed by atoms with Gasteiger partial charge >= 0.3 is 0 Å². The summed E-state index contributed by atoms with van der Waals surface area (Å²) < 4.78 is 38.5. The molecule has 0 heterocycles. The molecule has 0 aromatic carbocycles. The third kappa shape index (κ3) is 45.3. The number of Topliss-reactive ketones (excluding diaryl/α,β-unsaturated/α-hetero) is 2. The molecule has 0 aliphatic rings. The first-order valence-electron chi connectivity index (χ1n) is 20.9. The molecule has 0 spiro atoms. The van der Waals surface area contributed by atoms with E-state index in [4.69, 9.17) is 33.2 Å². The Hall–Kier alpha value is -0.940. The molecule has 0 aliphatic heterocycles. The topological polar surface area (TPSA) is 98.8 Å². The SMILES string of the molecule is CC(C)(C)CCCCCCOCCOCCOCCCCCC(=O)C(C)(C)C.CC(C)(C)CCCOCCOCCOCCOCCC(=O)C(C)(C)C. The van der Waals surface area contributed by atoms with Crippen LogP contribution >= 0.6 is 0 Å². The number of ether oxygens (including phenoxy) is 7. The Morgan fingerprint density at radius 3 is 0.962 bits per heavy atom. The number of ketones is 2. The Bertz CT molecular complexity index is 832. The predicted molar refractivity (Wildman–Crippen MR) is 219 cm³/mol. The third-order valence-corrected chi connectivity index (χ3v) is 8.38. The van der Waals surface area contributed by atoms with E-state index >= 15 is 0 Å². The molecule has 53 heavy (non-hydrogen) atoms. The Labute approximate surface area is 328 Å². The van der Waals surface area contributed by atoms with Crippen LogP contribution in [0.5, 0.6) is 0 Å². The van der Waals surface area contributed by atoms with Crippen LogP contribution in [-0.4, -0.2) is 104 Å². The summed E-state index contributed by atoms with van der Waals surface area (Å²) in [5.74, 6) is 0.576. The first-order valence-corrected chi connectivity index (χ1v) is 20.9. The van der Waals surface area contributed by atoms with Crippen LogP contribution in [0.2, 0.25) is 0 Å². The molecule has 0 atom stereocenters. The van der Waals surface area contributed by atoms with Gasteiger partial charge in [0.2, 0.25) is 0 Å². The van der Waals surface area contributed by atoms with Crippen molar-refractivity contribution in [3.63, 3.8) is 0 Å². The second-order valence-electron chi connectivity index (χ2n) is 18.6. The Balaban J connectivity index is 0. The Morgan fingerprint density at radius 2 is 0.585 bits per heavy atom. The Kier molecular flexibility index (Phi) is 34.0. The molecular formula is C44H88O9. The molecule has 0 rings (SSSR count). The van der Waals surface area contributed by atoms with Crippen molar-refractivity contribution in [2.75, 3.05) is 92.5 Å². The lowest BCUT2D eigenvalue weighted by Gasteiger charge is -2.17. The highest BCUT2D eigenvalue weighted by atomic mass is 16.6. The van der Waals surface area contributed by atoms with Crippen LogP contribution in [0.3, 0.4) is 0 Å². The number of carbonyl (C=O) groups excluding carboxylic acids is 2. The molecule has 9 heteroatoms. The number of carbonyl (C=O) groups is 2. The first-order chi connectivity index (χ1) is 24.8. The zero-order valence-electron chi connectivity index (χ0n) is 37.1. The smallest absolute Gasteiger partial charge is 0.140 e. The van der Waals surface area contributed by atoms with E-state index in [1.54, 1.807) is 0 Å².